The molecule has 1 heterocycles. The number of alkyl halides is 3. The first-order valence-electron chi connectivity index (χ1n) is 12.3. The van der Waals surface area contributed by atoms with Crippen molar-refractivity contribution < 1.29 is 18.3 Å². The Labute approximate surface area is 223 Å². The molecule has 0 saturated carbocycles. The van der Waals surface area contributed by atoms with Gasteiger partial charge in [0.1, 0.15) is 11.4 Å². The second-order valence-electron chi connectivity index (χ2n) is 9.19. The Balaban J connectivity index is 0.000000294. The van der Waals surface area contributed by atoms with Crippen molar-refractivity contribution in [1.82, 2.24) is 9.55 Å². The lowest BCUT2D eigenvalue weighted by molar-refractivity contribution is -0.137. The van der Waals surface area contributed by atoms with Crippen LogP contribution in [0.25, 0.3) is 6.20 Å². The van der Waals surface area contributed by atoms with Gasteiger partial charge in [0.15, 0.2) is 0 Å². The molecule has 1 unspecified atom stereocenters. The van der Waals surface area contributed by atoms with E-state index in [1.165, 1.54) is 16.5 Å². The number of rotatable bonds is 8. The monoisotopic (exact) mass is 530 g/mol. The summed E-state index contributed by atoms with van der Waals surface area (Å²) in [7, 11) is 0. The second kappa shape index (κ2) is 13.7. The topological polar surface area (TPSA) is 38.0 Å². The van der Waals surface area contributed by atoms with E-state index in [1.807, 2.05) is 18.7 Å². The minimum atomic E-state index is -4.37. The van der Waals surface area contributed by atoms with E-state index in [1.54, 1.807) is 43.0 Å². The molecule has 0 saturated heterocycles. The van der Waals surface area contributed by atoms with Gasteiger partial charge in [-0.3, -0.25) is 0 Å². The summed E-state index contributed by atoms with van der Waals surface area (Å²) in [4.78, 5) is 5.74. The quantitative estimate of drug-likeness (QED) is 0.234. The molecule has 3 nitrogen and oxygen atoms in total. The normalized spacial score (nSPS) is 13.1. The zero-order valence-corrected chi connectivity index (χ0v) is 23.2. The highest BCUT2D eigenvalue weighted by atomic mass is 32.2. The molecule has 7 heteroatoms. The third-order valence-electron chi connectivity index (χ3n) is 5.54. The Bertz CT molecular complexity index is 1190. The summed E-state index contributed by atoms with van der Waals surface area (Å²) in [5.41, 5.74) is 0.592. The van der Waals surface area contributed by atoms with Crippen LogP contribution in [0.15, 0.2) is 77.9 Å². The molecule has 200 valence electrons. The number of nitrogens with zero attached hydrogens (tertiary/aromatic N) is 2. The van der Waals surface area contributed by atoms with Gasteiger partial charge < -0.3 is 9.67 Å². The van der Waals surface area contributed by atoms with E-state index in [0.29, 0.717) is 23.0 Å². The van der Waals surface area contributed by atoms with Crippen LogP contribution in [0.5, 0.6) is 0 Å². The molecular formula is C30H37F3N2OS. The maximum atomic E-state index is 12.8. The first-order valence-corrected chi connectivity index (χ1v) is 13.3. The van der Waals surface area contributed by atoms with Crippen molar-refractivity contribution in [2.24, 2.45) is 0 Å². The summed E-state index contributed by atoms with van der Waals surface area (Å²) in [6.07, 6.45) is 5.46. The number of hydrogen-bond donors (Lipinski definition) is 1. The average Bonchev–Trinajstić information content (AvgIpc) is 3.23. The van der Waals surface area contributed by atoms with Gasteiger partial charge in [0.25, 0.3) is 0 Å². The number of hydrogen-bond acceptors (Lipinski definition) is 3. The fourth-order valence-corrected chi connectivity index (χ4v) is 4.37. The van der Waals surface area contributed by atoms with Gasteiger partial charge in [0, 0.05) is 23.7 Å². The molecule has 0 radical (unpaired) electrons. The molecule has 1 N–H and O–H groups in total. The molecule has 3 aromatic rings. The summed E-state index contributed by atoms with van der Waals surface area (Å²) in [6, 6.07) is 14.0. The highest BCUT2D eigenvalue weighted by molar-refractivity contribution is 7.99. The highest BCUT2D eigenvalue weighted by Gasteiger charge is 2.30. The SMILES string of the molecule is C/C=C/n1cc(C(C)(C)O)nc1Cc1cccc(C(F)(F)F)c1.C/C=C\C(C)c1cccc(SCC)c1. The molecular weight excluding hydrogens is 493 g/mol. The van der Waals surface area contributed by atoms with E-state index >= 15 is 0 Å². The summed E-state index contributed by atoms with van der Waals surface area (Å²) in [6.45, 7) is 11.5. The van der Waals surface area contributed by atoms with E-state index in [0.717, 1.165) is 17.9 Å². The van der Waals surface area contributed by atoms with Crippen molar-refractivity contribution in [2.75, 3.05) is 5.75 Å². The van der Waals surface area contributed by atoms with Crippen molar-refractivity contribution in [3.63, 3.8) is 0 Å². The average molecular weight is 531 g/mol. The summed E-state index contributed by atoms with van der Waals surface area (Å²) in [5, 5.41) is 10.1. The molecule has 3 rings (SSSR count). The third-order valence-corrected chi connectivity index (χ3v) is 6.41. The van der Waals surface area contributed by atoms with E-state index in [9.17, 15) is 18.3 Å². The van der Waals surface area contributed by atoms with Crippen molar-refractivity contribution in [3.05, 3.63) is 101 Å². The van der Waals surface area contributed by atoms with Crippen LogP contribution in [0.2, 0.25) is 0 Å². The smallest absolute Gasteiger partial charge is 0.384 e. The number of imidazole rings is 1. The maximum absolute atomic E-state index is 12.8. The minimum Gasteiger partial charge on any atom is -0.384 e. The van der Waals surface area contributed by atoms with Crippen LogP contribution in [-0.4, -0.2) is 20.4 Å². The summed E-state index contributed by atoms with van der Waals surface area (Å²) in [5.74, 6) is 2.23. The number of thioether (sulfide) groups is 1. The van der Waals surface area contributed by atoms with Crippen molar-refractivity contribution in [1.29, 1.82) is 0 Å². The van der Waals surface area contributed by atoms with Gasteiger partial charge in [-0.2, -0.15) is 13.2 Å². The van der Waals surface area contributed by atoms with E-state index in [4.69, 9.17) is 0 Å². The van der Waals surface area contributed by atoms with Crippen LogP contribution >= 0.6 is 11.8 Å². The fraction of sp³-hybridized carbons (Fsp3) is 0.367. The van der Waals surface area contributed by atoms with E-state index in [2.05, 4.69) is 62.2 Å². The Kier molecular flexibility index (Phi) is 11.3. The largest absolute Gasteiger partial charge is 0.416 e. The first kappa shape index (κ1) is 30.5. The lowest BCUT2D eigenvalue weighted by atomic mass is 10.0. The maximum Gasteiger partial charge on any atom is 0.416 e. The van der Waals surface area contributed by atoms with Crippen LogP contribution in [0.1, 0.15) is 75.7 Å². The first-order chi connectivity index (χ1) is 17.4. The molecule has 1 atom stereocenters. The molecule has 0 amide bonds. The molecule has 0 aliphatic heterocycles. The van der Waals surface area contributed by atoms with Gasteiger partial charge in [-0.1, -0.05) is 62.4 Å². The Morgan fingerprint density at radius 2 is 1.76 bits per heavy atom. The molecule has 2 aromatic carbocycles. The number of halogens is 3. The van der Waals surface area contributed by atoms with Gasteiger partial charge in [-0.05, 0) is 68.7 Å². The Morgan fingerprint density at radius 1 is 1.05 bits per heavy atom. The lowest BCUT2D eigenvalue weighted by Gasteiger charge is -2.12. The van der Waals surface area contributed by atoms with Gasteiger partial charge in [0.05, 0.1) is 11.3 Å². The molecule has 1 aromatic heterocycles. The third kappa shape index (κ3) is 9.56. The van der Waals surface area contributed by atoms with Gasteiger partial charge in [-0.25, -0.2) is 4.98 Å². The predicted octanol–water partition coefficient (Wildman–Crippen LogP) is 8.69. The highest BCUT2D eigenvalue weighted by Crippen LogP contribution is 2.30. The summed E-state index contributed by atoms with van der Waals surface area (Å²) >= 11 is 1.90. The van der Waals surface area contributed by atoms with Gasteiger partial charge in [-0.15, -0.1) is 11.8 Å². The Hall–Kier alpha value is -2.77. The molecule has 0 bridgehead atoms. The minimum absolute atomic E-state index is 0.240. The van der Waals surface area contributed by atoms with Crippen LogP contribution < -0.4 is 0 Å². The zero-order chi connectivity index (χ0) is 27.6. The number of aliphatic hydroxyl groups is 1. The molecule has 37 heavy (non-hydrogen) atoms. The van der Waals surface area contributed by atoms with Crippen LogP contribution in [0, 0.1) is 0 Å². The molecule has 0 fully saturated rings. The van der Waals surface area contributed by atoms with Gasteiger partial charge in [0.2, 0.25) is 0 Å². The fourth-order valence-electron chi connectivity index (χ4n) is 3.64. The molecule has 0 aliphatic rings. The summed E-state index contributed by atoms with van der Waals surface area (Å²) < 4.78 is 40.1. The van der Waals surface area contributed by atoms with Crippen molar-refractivity contribution >= 4 is 18.0 Å². The van der Waals surface area contributed by atoms with Crippen molar-refractivity contribution in [3.8, 4) is 0 Å². The lowest BCUT2D eigenvalue weighted by Crippen LogP contribution is -2.15. The number of benzene rings is 2. The zero-order valence-electron chi connectivity index (χ0n) is 22.4. The van der Waals surface area contributed by atoms with E-state index in [-0.39, 0.29) is 6.42 Å². The van der Waals surface area contributed by atoms with Crippen molar-refractivity contribution in [2.45, 2.75) is 70.6 Å². The van der Waals surface area contributed by atoms with Crippen LogP contribution in [0.4, 0.5) is 13.2 Å². The van der Waals surface area contributed by atoms with E-state index < -0.39 is 17.3 Å². The molecule has 0 aliphatic carbocycles. The van der Waals surface area contributed by atoms with Gasteiger partial charge >= 0.3 is 6.18 Å². The van der Waals surface area contributed by atoms with Crippen LogP contribution in [-0.2, 0) is 18.2 Å². The number of aromatic nitrogens is 2. The Morgan fingerprint density at radius 3 is 2.35 bits per heavy atom. The number of allylic oxidation sites excluding steroid dienone is 3. The predicted molar refractivity (Wildman–Crippen MR) is 149 cm³/mol. The second-order valence-corrected chi connectivity index (χ2v) is 10.5. The molecule has 0 spiro atoms. The standard InChI is InChI=1S/C17H19F3N2O.C13H18S/c1-4-8-22-11-14(16(2,3)23)21-15(22)10-12-6-5-7-13(9-12)17(18,19)20;1-4-7-11(3)12-8-6-9-13(10-12)14-5-2/h4-9,11,23H,10H2,1-3H3;4,6-11H,5H2,1-3H3/b8-4+;7-4-. The van der Waals surface area contributed by atoms with Crippen LogP contribution in [0.3, 0.4) is 0 Å².